The number of nitrogens with zero attached hydrogens (tertiary/aromatic N) is 3. The van der Waals surface area contributed by atoms with Crippen LogP contribution in [0.15, 0.2) is 23.1 Å². The molecule has 0 N–H and O–H groups in total. The number of amides is 1. The molecule has 1 aromatic rings. The molecule has 1 fully saturated rings. The standard InChI is InChI=1S/C16H25N3O3S/c1-5-18-8-10-19(11-9-18)16(20)15-12-14(7-6-13(15)2)23(21,22)17(3)4/h6-7,12H,5,8-11H2,1-4H3. The van der Waals surface area contributed by atoms with Crippen molar-refractivity contribution in [2.45, 2.75) is 18.7 Å². The molecule has 6 nitrogen and oxygen atoms in total. The molecule has 7 heteroatoms. The van der Waals surface area contributed by atoms with Gasteiger partial charge in [0, 0.05) is 45.8 Å². The van der Waals surface area contributed by atoms with Gasteiger partial charge in [0.2, 0.25) is 10.0 Å². The van der Waals surface area contributed by atoms with E-state index in [-0.39, 0.29) is 10.8 Å². The van der Waals surface area contributed by atoms with Crippen LogP contribution in [-0.2, 0) is 10.0 Å². The highest BCUT2D eigenvalue weighted by atomic mass is 32.2. The summed E-state index contributed by atoms with van der Waals surface area (Å²) in [6.07, 6.45) is 0. The first-order valence-corrected chi connectivity index (χ1v) is 9.26. The third-order valence-electron chi connectivity index (χ3n) is 4.32. The van der Waals surface area contributed by atoms with E-state index in [0.29, 0.717) is 18.7 Å². The van der Waals surface area contributed by atoms with Crippen LogP contribution in [-0.4, -0.2) is 75.2 Å². The van der Waals surface area contributed by atoms with Gasteiger partial charge < -0.3 is 9.80 Å². The van der Waals surface area contributed by atoms with Gasteiger partial charge in [-0.15, -0.1) is 0 Å². The molecule has 0 unspecified atom stereocenters. The second-order valence-electron chi connectivity index (χ2n) is 5.99. The molecule has 1 amide bonds. The van der Waals surface area contributed by atoms with E-state index in [4.69, 9.17) is 0 Å². The number of sulfonamides is 1. The van der Waals surface area contributed by atoms with Gasteiger partial charge in [0.1, 0.15) is 0 Å². The highest BCUT2D eigenvalue weighted by Crippen LogP contribution is 2.20. The Labute approximate surface area is 138 Å². The number of aryl methyl sites for hydroxylation is 1. The maximum atomic E-state index is 12.8. The van der Waals surface area contributed by atoms with E-state index in [9.17, 15) is 13.2 Å². The van der Waals surface area contributed by atoms with E-state index < -0.39 is 10.0 Å². The van der Waals surface area contributed by atoms with Gasteiger partial charge in [-0.3, -0.25) is 4.79 Å². The van der Waals surface area contributed by atoms with E-state index in [1.165, 1.54) is 20.2 Å². The number of rotatable bonds is 4. The van der Waals surface area contributed by atoms with Gasteiger partial charge in [0.25, 0.3) is 5.91 Å². The maximum Gasteiger partial charge on any atom is 0.254 e. The molecule has 2 rings (SSSR count). The van der Waals surface area contributed by atoms with Crippen molar-refractivity contribution in [3.8, 4) is 0 Å². The van der Waals surface area contributed by atoms with Crippen molar-refractivity contribution >= 4 is 15.9 Å². The summed E-state index contributed by atoms with van der Waals surface area (Å²) in [6, 6.07) is 4.75. The lowest BCUT2D eigenvalue weighted by molar-refractivity contribution is 0.0642. The van der Waals surface area contributed by atoms with Crippen LogP contribution in [0.2, 0.25) is 0 Å². The molecule has 0 aliphatic carbocycles. The summed E-state index contributed by atoms with van der Waals surface area (Å²) >= 11 is 0. The lowest BCUT2D eigenvalue weighted by Gasteiger charge is -2.34. The molecule has 0 aromatic heterocycles. The van der Waals surface area contributed by atoms with Crippen molar-refractivity contribution in [3.63, 3.8) is 0 Å². The van der Waals surface area contributed by atoms with Gasteiger partial charge in [0.15, 0.2) is 0 Å². The molecule has 0 bridgehead atoms. The minimum Gasteiger partial charge on any atom is -0.336 e. The molecule has 1 aliphatic heterocycles. The second kappa shape index (κ2) is 6.98. The van der Waals surface area contributed by atoms with Crippen molar-refractivity contribution in [1.29, 1.82) is 0 Å². The number of likely N-dealkylation sites (N-methyl/N-ethyl adjacent to an activating group) is 1. The topological polar surface area (TPSA) is 60.9 Å². The minimum absolute atomic E-state index is 0.0888. The van der Waals surface area contributed by atoms with Crippen LogP contribution in [0.4, 0.5) is 0 Å². The van der Waals surface area contributed by atoms with Crippen LogP contribution in [0.3, 0.4) is 0 Å². The average Bonchev–Trinajstić information content (AvgIpc) is 2.54. The smallest absolute Gasteiger partial charge is 0.254 e. The summed E-state index contributed by atoms with van der Waals surface area (Å²) in [5.74, 6) is -0.0888. The Bertz CT molecular complexity index is 678. The molecule has 1 aliphatic rings. The monoisotopic (exact) mass is 339 g/mol. The molecular weight excluding hydrogens is 314 g/mol. The molecule has 1 aromatic carbocycles. The van der Waals surface area contributed by atoms with Gasteiger partial charge in [0.05, 0.1) is 4.90 Å². The Morgan fingerprint density at radius 1 is 1.17 bits per heavy atom. The molecule has 23 heavy (non-hydrogen) atoms. The highest BCUT2D eigenvalue weighted by Gasteiger charge is 2.25. The summed E-state index contributed by atoms with van der Waals surface area (Å²) in [5, 5.41) is 0. The van der Waals surface area contributed by atoms with Crippen molar-refractivity contribution < 1.29 is 13.2 Å². The number of benzene rings is 1. The summed E-state index contributed by atoms with van der Waals surface area (Å²) in [6.45, 7) is 8.00. The average molecular weight is 339 g/mol. The molecule has 0 atom stereocenters. The summed E-state index contributed by atoms with van der Waals surface area (Å²) in [4.78, 5) is 17.0. The normalized spacial score (nSPS) is 16.8. The molecule has 0 saturated carbocycles. The van der Waals surface area contributed by atoms with Crippen LogP contribution < -0.4 is 0 Å². The third-order valence-corrected chi connectivity index (χ3v) is 6.14. The van der Waals surface area contributed by atoms with E-state index in [1.54, 1.807) is 17.0 Å². The van der Waals surface area contributed by atoms with Crippen molar-refractivity contribution in [2.24, 2.45) is 0 Å². The largest absolute Gasteiger partial charge is 0.336 e. The lowest BCUT2D eigenvalue weighted by Crippen LogP contribution is -2.48. The zero-order chi connectivity index (χ0) is 17.2. The molecule has 128 valence electrons. The van der Waals surface area contributed by atoms with E-state index >= 15 is 0 Å². The SMILES string of the molecule is CCN1CCN(C(=O)c2cc(S(=O)(=O)N(C)C)ccc2C)CC1. The highest BCUT2D eigenvalue weighted by molar-refractivity contribution is 7.89. The number of hydrogen-bond acceptors (Lipinski definition) is 4. The fourth-order valence-electron chi connectivity index (χ4n) is 2.64. The summed E-state index contributed by atoms with van der Waals surface area (Å²) < 4.78 is 25.7. The Kier molecular flexibility index (Phi) is 5.44. The predicted molar refractivity (Wildman–Crippen MR) is 90.1 cm³/mol. The molecular formula is C16H25N3O3S. The Hall–Kier alpha value is -1.44. The number of hydrogen-bond donors (Lipinski definition) is 0. The van der Waals surface area contributed by atoms with Gasteiger partial charge in [-0.1, -0.05) is 13.0 Å². The molecule has 1 saturated heterocycles. The number of carbonyl (C=O) groups excluding carboxylic acids is 1. The molecule has 0 spiro atoms. The van der Waals surface area contributed by atoms with E-state index in [0.717, 1.165) is 29.5 Å². The fraction of sp³-hybridized carbons (Fsp3) is 0.562. The van der Waals surface area contributed by atoms with Gasteiger partial charge in [-0.05, 0) is 31.2 Å². The number of piperazine rings is 1. The maximum absolute atomic E-state index is 12.8. The third kappa shape index (κ3) is 3.73. The van der Waals surface area contributed by atoms with Crippen LogP contribution in [0.1, 0.15) is 22.8 Å². The van der Waals surface area contributed by atoms with Crippen LogP contribution >= 0.6 is 0 Å². The van der Waals surface area contributed by atoms with Gasteiger partial charge in [-0.2, -0.15) is 0 Å². The Balaban J connectivity index is 2.27. The second-order valence-corrected chi connectivity index (χ2v) is 8.14. The van der Waals surface area contributed by atoms with E-state index in [1.807, 2.05) is 6.92 Å². The fourth-order valence-corrected chi connectivity index (χ4v) is 3.57. The van der Waals surface area contributed by atoms with Crippen molar-refractivity contribution in [1.82, 2.24) is 14.1 Å². The lowest BCUT2D eigenvalue weighted by atomic mass is 10.1. The van der Waals surface area contributed by atoms with Gasteiger partial charge >= 0.3 is 0 Å². The zero-order valence-electron chi connectivity index (χ0n) is 14.2. The van der Waals surface area contributed by atoms with E-state index in [2.05, 4.69) is 11.8 Å². The van der Waals surface area contributed by atoms with Crippen molar-refractivity contribution in [2.75, 3.05) is 46.8 Å². The first kappa shape index (κ1) is 17.9. The quantitative estimate of drug-likeness (QED) is 0.822. The summed E-state index contributed by atoms with van der Waals surface area (Å²) in [5.41, 5.74) is 1.27. The van der Waals surface area contributed by atoms with Gasteiger partial charge in [-0.25, -0.2) is 12.7 Å². The molecule has 0 radical (unpaired) electrons. The van der Waals surface area contributed by atoms with Crippen molar-refractivity contribution in [3.05, 3.63) is 29.3 Å². The zero-order valence-corrected chi connectivity index (χ0v) is 15.1. The van der Waals surface area contributed by atoms with Crippen LogP contribution in [0, 0.1) is 6.92 Å². The van der Waals surface area contributed by atoms with Crippen LogP contribution in [0.5, 0.6) is 0 Å². The first-order chi connectivity index (χ1) is 10.8. The minimum atomic E-state index is -3.54. The Morgan fingerprint density at radius 3 is 2.30 bits per heavy atom. The predicted octanol–water partition coefficient (Wildman–Crippen LogP) is 1.02. The Morgan fingerprint density at radius 2 is 1.78 bits per heavy atom. The summed E-state index contributed by atoms with van der Waals surface area (Å²) in [7, 11) is -0.565. The molecule has 1 heterocycles. The van der Waals surface area contributed by atoms with Crippen LogP contribution in [0.25, 0.3) is 0 Å². The first-order valence-electron chi connectivity index (χ1n) is 7.82. The number of carbonyl (C=O) groups is 1.